The zero-order chi connectivity index (χ0) is 18.1. The second-order valence-corrected chi connectivity index (χ2v) is 7.80. The maximum absolute atomic E-state index is 11.6. The normalized spacial score (nSPS) is 14.0. The summed E-state index contributed by atoms with van der Waals surface area (Å²) in [7, 11) is 0. The number of benzene rings is 1. The molecule has 0 aliphatic carbocycles. The van der Waals surface area contributed by atoms with E-state index in [1.165, 1.54) is 4.57 Å². The molecule has 8 heteroatoms. The molecule has 130 valence electrons. The van der Waals surface area contributed by atoms with Gasteiger partial charge in [-0.15, -0.1) is 11.3 Å². The Bertz CT molecular complexity index is 997. The largest absolute Gasteiger partial charge is 0.493 e. The molecule has 2 heterocycles. The smallest absolute Gasteiger partial charge is 0.326 e. The molecule has 1 atom stereocenters. The molecule has 0 bridgehead atoms. The number of fused-ring (bicyclic) bond motifs is 1. The Balaban J connectivity index is 2.04. The zero-order valence-electron chi connectivity index (χ0n) is 13.7. The Morgan fingerprint density at radius 3 is 2.44 bits per heavy atom. The lowest BCUT2D eigenvalue weighted by atomic mass is 10.0. The van der Waals surface area contributed by atoms with Crippen LogP contribution in [0, 0.1) is 9.87 Å². The fourth-order valence-corrected chi connectivity index (χ4v) is 3.97. The van der Waals surface area contributed by atoms with Gasteiger partial charge in [0.2, 0.25) is 5.88 Å². The van der Waals surface area contributed by atoms with Gasteiger partial charge in [0, 0.05) is 6.08 Å². The molecular weight excluding hydrogens is 358 g/mol. The van der Waals surface area contributed by atoms with Crippen LogP contribution in [0.4, 0.5) is 0 Å². The summed E-state index contributed by atoms with van der Waals surface area (Å²) in [5.41, 5.74) is 0. The minimum atomic E-state index is -1.01. The maximum atomic E-state index is 11.6. The number of aromatic nitrogens is 1. The zero-order valence-corrected chi connectivity index (χ0v) is 15.3. The summed E-state index contributed by atoms with van der Waals surface area (Å²) >= 11 is 6.43. The molecule has 0 saturated heterocycles. The summed E-state index contributed by atoms with van der Waals surface area (Å²) in [5, 5.41) is 21.6. The molecule has 1 aromatic heterocycles. The maximum Gasteiger partial charge on any atom is 0.326 e. The third-order valence-electron chi connectivity index (χ3n) is 3.75. The number of rotatable bonds is 5. The van der Waals surface area contributed by atoms with Gasteiger partial charge in [-0.2, -0.15) is 0 Å². The number of carbonyl (C=O) groups is 1. The highest BCUT2D eigenvalue weighted by Gasteiger charge is 2.26. The molecule has 3 rings (SSSR count). The van der Waals surface area contributed by atoms with E-state index in [1.807, 2.05) is 38.1 Å². The molecule has 6 nitrogen and oxygen atoms in total. The number of para-hydroxylation sites is 2. The Hall–Kier alpha value is -2.32. The quantitative estimate of drug-likeness (QED) is 0.787. The summed E-state index contributed by atoms with van der Waals surface area (Å²) in [6.07, 6.45) is 2.00. The molecule has 2 aromatic rings. The molecule has 0 radical (unpaired) electrons. The number of aromatic hydroxyl groups is 1. The van der Waals surface area contributed by atoms with E-state index in [9.17, 15) is 15.0 Å². The topological polar surface area (TPSA) is 87.2 Å². The minimum absolute atomic E-state index is 0.151. The lowest BCUT2D eigenvalue weighted by Gasteiger charge is -2.17. The van der Waals surface area contributed by atoms with E-state index < -0.39 is 12.0 Å². The predicted molar refractivity (Wildman–Crippen MR) is 97.7 cm³/mol. The highest BCUT2D eigenvalue weighted by Crippen LogP contribution is 2.34. The molecule has 25 heavy (non-hydrogen) atoms. The Kier molecular flexibility index (Phi) is 4.82. The van der Waals surface area contributed by atoms with Crippen LogP contribution in [0.2, 0.25) is 0 Å². The summed E-state index contributed by atoms with van der Waals surface area (Å²) in [6.45, 7) is 3.86. The fourth-order valence-electron chi connectivity index (χ4n) is 2.63. The standard InChI is InChI=1S/C17H17N3O3S2/c1-9(2)7-12(16(22)23)20-15(21)13(25-17(20)24)8-14-18-10-5-3-4-6-11(10)19-14/h3-6,8-9,12,21H,7H2,1-2H3,(H,22,23)/t12-/m1/s1. The minimum Gasteiger partial charge on any atom is -0.493 e. The fraction of sp³-hybridized carbons (Fsp3) is 0.294. The Morgan fingerprint density at radius 2 is 1.92 bits per heavy atom. The number of hydrogen-bond donors (Lipinski definition) is 2. The van der Waals surface area contributed by atoms with Crippen molar-refractivity contribution in [2.75, 3.05) is 0 Å². The van der Waals surface area contributed by atoms with Crippen molar-refractivity contribution in [3.05, 3.63) is 49.6 Å². The number of carboxylic acid groups (broad SMARTS) is 1. The second kappa shape index (κ2) is 6.89. The van der Waals surface area contributed by atoms with Crippen LogP contribution in [0.15, 0.2) is 40.1 Å². The lowest BCUT2D eigenvalue weighted by molar-refractivity contribution is -0.141. The first-order valence-electron chi connectivity index (χ1n) is 7.78. The summed E-state index contributed by atoms with van der Waals surface area (Å²) in [4.78, 5) is 20.8. The van der Waals surface area contributed by atoms with Gasteiger partial charge in [0.25, 0.3) is 0 Å². The van der Waals surface area contributed by atoms with Gasteiger partial charge < -0.3 is 10.2 Å². The van der Waals surface area contributed by atoms with Gasteiger partial charge in [0.05, 0.1) is 15.6 Å². The van der Waals surface area contributed by atoms with Gasteiger partial charge in [-0.1, -0.05) is 26.0 Å². The molecule has 1 aliphatic rings. The van der Waals surface area contributed by atoms with Crippen LogP contribution >= 0.6 is 23.6 Å². The average Bonchev–Trinajstić information content (AvgIpc) is 3.06. The van der Waals surface area contributed by atoms with Crippen LogP contribution in [-0.2, 0) is 4.79 Å². The molecule has 0 spiro atoms. The summed E-state index contributed by atoms with van der Waals surface area (Å²) < 4.78 is 1.62. The van der Waals surface area contributed by atoms with Gasteiger partial charge in [-0.3, -0.25) is 4.57 Å². The van der Waals surface area contributed by atoms with Gasteiger partial charge in [-0.25, -0.2) is 14.8 Å². The molecule has 0 fully saturated rings. The number of carboxylic acids is 1. The van der Waals surface area contributed by atoms with E-state index in [-0.39, 0.29) is 11.8 Å². The number of aliphatic carboxylic acids is 1. The molecule has 0 unspecified atom stereocenters. The van der Waals surface area contributed by atoms with Crippen molar-refractivity contribution in [2.24, 2.45) is 15.9 Å². The second-order valence-electron chi connectivity index (χ2n) is 6.12. The SMILES string of the molecule is CC(C)C[C@H](C(=O)O)n1c(O)c(C=C2N=c3ccccc3=N2)sc1=S. The van der Waals surface area contributed by atoms with Crippen LogP contribution in [0.1, 0.15) is 31.2 Å². The third-order valence-corrected chi connectivity index (χ3v) is 5.08. The van der Waals surface area contributed by atoms with Gasteiger partial charge in [0.1, 0.15) is 6.04 Å². The predicted octanol–water partition coefficient (Wildman–Crippen LogP) is 2.91. The van der Waals surface area contributed by atoms with E-state index in [1.54, 1.807) is 6.08 Å². The van der Waals surface area contributed by atoms with Crippen molar-refractivity contribution >= 4 is 35.6 Å². The summed E-state index contributed by atoms with van der Waals surface area (Å²) in [5.74, 6) is -0.564. The van der Waals surface area contributed by atoms with Crippen molar-refractivity contribution in [3.8, 4) is 5.88 Å². The molecule has 1 aromatic carbocycles. The summed E-state index contributed by atoms with van der Waals surface area (Å²) in [6, 6.07) is 6.57. The van der Waals surface area contributed by atoms with Crippen LogP contribution in [0.3, 0.4) is 0 Å². The van der Waals surface area contributed by atoms with E-state index in [4.69, 9.17) is 12.2 Å². The van der Waals surface area contributed by atoms with E-state index >= 15 is 0 Å². The number of nitrogens with zero attached hydrogens (tertiary/aromatic N) is 3. The number of hydrogen-bond acceptors (Lipinski definition) is 6. The van der Waals surface area contributed by atoms with E-state index in [0.29, 0.717) is 21.1 Å². The molecular formula is C17H17N3O3S2. The average molecular weight is 375 g/mol. The van der Waals surface area contributed by atoms with Gasteiger partial charge in [0.15, 0.2) is 9.78 Å². The van der Waals surface area contributed by atoms with E-state index in [2.05, 4.69) is 9.98 Å². The van der Waals surface area contributed by atoms with Gasteiger partial charge in [-0.05, 0) is 36.7 Å². The first-order valence-corrected chi connectivity index (χ1v) is 9.00. The molecule has 2 N–H and O–H groups in total. The van der Waals surface area contributed by atoms with Crippen molar-refractivity contribution < 1.29 is 15.0 Å². The monoisotopic (exact) mass is 375 g/mol. The Morgan fingerprint density at radius 1 is 1.32 bits per heavy atom. The van der Waals surface area contributed by atoms with E-state index in [0.717, 1.165) is 22.1 Å². The molecule has 1 aliphatic heterocycles. The van der Waals surface area contributed by atoms with Crippen LogP contribution in [-0.4, -0.2) is 20.7 Å². The molecule has 0 amide bonds. The van der Waals surface area contributed by atoms with Crippen LogP contribution in [0.5, 0.6) is 5.88 Å². The lowest BCUT2D eigenvalue weighted by Crippen LogP contribution is -2.20. The van der Waals surface area contributed by atoms with Crippen LogP contribution in [0.25, 0.3) is 6.08 Å². The van der Waals surface area contributed by atoms with Crippen molar-refractivity contribution in [1.29, 1.82) is 0 Å². The third kappa shape index (κ3) is 3.54. The van der Waals surface area contributed by atoms with Gasteiger partial charge >= 0.3 is 5.97 Å². The Labute approximate surface area is 153 Å². The van der Waals surface area contributed by atoms with Crippen molar-refractivity contribution in [1.82, 2.24) is 4.57 Å². The highest BCUT2D eigenvalue weighted by atomic mass is 32.1. The van der Waals surface area contributed by atoms with Crippen molar-refractivity contribution in [2.45, 2.75) is 26.3 Å². The first-order chi connectivity index (χ1) is 11.9. The van der Waals surface area contributed by atoms with Crippen LogP contribution < -0.4 is 10.7 Å². The number of thiazole rings is 1. The molecule has 0 saturated carbocycles. The first kappa shape index (κ1) is 17.5. The van der Waals surface area contributed by atoms with Crippen molar-refractivity contribution in [3.63, 3.8) is 0 Å². The highest BCUT2D eigenvalue weighted by molar-refractivity contribution is 7.73.